The first kappa shape index (κ1) is 34.5. The Morgan fingerprint density at radius 1 is 0.571 bits per heavy atom. The fourth-order valence-electron chi connectivity index (χ4n) is 4.82. The lowest BCUT2D eigenvalue weighted by atomic mass is 10.1. The lowest BCUT2D eigenvalue weighted by Gasteiger charge is -2.33. The number of nitrogens with zero attached hydrogens (tertiary/aromatic N) is 3. The Balaban J connectivity index is 4.01. The molecule has 0 aromatic heterocycles. The largest absolute Gasteiger partial charge is 0.386 e. The molecule has 35 heavy (non-hydrogen) atoms. The number of quaternary nitrogens is 2. The van der Waals surface area contributed by atoms with Crippen LogP contribution in [0.1, 0.15) is 96.8 Å². The van der Waals surface area contributed by atoms with Crippen LogP contribution in [0.4, 0.5) is 0 Å². The van der Waals surface area contributed by atoms with E-state index in [-0.39, 0.29) is 12.2 Å². The normalized spacial score (nSPS) is 14.8. The van der Waals surface area contributed by atoms with Crippen molar-refractivity contribution in [2.75, 3.05) is 75.0 Å². The number of unbranched alkanes of at least 4 members (excludes halogenated alkanes) is 12. The summed E-state index contributed by atoms with van der Waals surface area (Å²) in [5.74, 6) is 0. The van der Waals surface area contributed by atoms with Crippen LogP contribution in [0.15, 0.2) is 12.2 Å². The Hall–Kier alpha value is -0.460. The van der Waals surface area contributed by atoms with Crippen molar-refractivity contribution in [1.29, 1.82) is 0 Å². The van der Waals surface area contributed by atoms with Crippen LogP contribution in [0.2, 0.25) is 0 Å². The molecule has 0 aliphatic heterocycles. The topological polar surface area (TPSA) is 43.7 Å². The highest BCUT2D eigenvalue weighted by Crippen LogP contribution is 2.11. The third-order valence-electron chi connectivity index (χ3n) is 6.44. The van der Waals surface area contributed by atoms with E-state index in [0.29, 0.717) is 13.1 Å². The van der Waals surface area contributed by atoms with Crippen molar-refractivity contribution >= 4 is 0 Å². The zero-order chi connectivity index (χ0) is 26.6. The van der Waals surface area contributed by atoms with Crippen molar-refractivity contribution in [2.24, 2.45) is 0 Å². The number of aliphatic hydroxyl groups excluding tert-OH is 2. The van der Waals surface area contributed by atoms with Crippen LogP contribution in [-0.4, -0.2) is 111 Å². The van der Waals surface area contributed by atoms with Gasteiger partial charge < -0.3 is 19.2 Å². The zero-order valence-corrected chi connectivity index (χ0v) is 25.0. The lowest BCUT2D eigenvalue weighted by molar-refractivity contribution is -0.873. The van der Waals surface area contributed by atoms with E-state index < -0.39 is 0 Å². The van der Waals surface area contributed by atoms with Crippen molar-refractivity contribution in [1.82, 2.24) is 4.90 Å². The van der Waals surface area contributed by atoms with Gasteiger partial charge >= 0.3 is 0 Å². The van der Waals surface area contributed by atoms with E-state index in [1.165, 1.54) is 83.5 Å². The van der Waals surface area contributed by atoms with Crippen molar-refractivity contribution in [3.63, 3.8) is 0 Å². The first-order chi connectivity index (χ1) is 16.4. The molecule has 0 heterocycles. The molecule has 0 aromatic carbocycles. The molecule has 0 aliphatic carbocycles. The molecule has 2 atom stereocenters. The van der Waals surface area contributed by atoms with E-state index in [4.69, 9.17) is 0 Å². The number of allylic oxidation sites excluding steroid dienone is 2. The molecule has 0 radical (unpaired) electrons. The molecule has 0 saturated carbocycles. The summed E-state index contributed by atoms with van der Waals surface area (Å²) in [7, 11) is 12.7. The molecule has 0 amide bonds. The molecule has 0 spiro atoms. The first-order valence-corrected chi connectivity index (χ1v) is 14.8. The van der Waals surface area contributed by atoms with Gasteiger partial charge in [-0.2, -0.15) is 0 Å². The van der Waals surface area contributed by atoms with Gasteiger partial charge in [0.25, 0.3) is 0 Å². The van der Waals surface area contributed by atoms with E-state index in [1.54, 1.807) is 0 Å². The Morgan fingerprint density at radius 3 is 1.34 bits per heavy atom. The Labute approximate surface area is 220 Å². The monoisotopic (exact) mass is 500 g/mol. The van der Waals surface area contributed by atoms with Crippen molar-refractivity contribution in [3.8, 4) is 0 Å². The van der Waals surface area contributed by atoms with Gasteiger partial charge in [-0.25, -0.2) is 0 Å². The lowest BCUT2D eigenvalue weighted by Crippen LogP contribution is -2.49. The van der Waals surface area contributed by atoms with Crippen LogP contribution in [0.25, 0.3) is 0 Å². The number of aliphatic hydroxyl groups is 2. The first-order valence-electron chi connectivity index (χ1n) is 14.8. The smallest absolute Gasteiger partial charge is 0.115 e. The zero-order valence-electron chi connectivity index (χ0n) is 25.0. The fourth-order valence-corrected chi connectivity index (χ4v) is 4.82. The van der Waals surface area contributed by atoms with Crippen molar-refractivity contribution < 1.29 is 19.2 Å². The molecule has 0 saturated heterocycles. The van der Waals surface area contributed by atoms with Gasteiger partial charge in [0.15, 0.2) is 0 Å². The highest BCUT2D eigenvalue weighted by atomic mass is 16.3. The summed E-state index contributed by atoms with van der Waals surface area (Å²) >= 11 is 0. The number of hydrogen-bond donors (Lipinski definition) is 2. The third kappa shape index (κ3) is 26.4. The predicted octanol–water partition coefficient (Wildman–Crippen LogP) is 5.46. The molecule has 0 fully saturated rings. The minimum Gasteiger partial charge on any atom is -0.386 e. The molecule has 2 unspecified atom stereocenters. The summed E-state index contributed by atoms with van der Waals surface area (Å²) in [6, 6.07) is 0. The van der Waals surface area contributed by atoms with Crippen LogP contribution in [0.3, 0.4) is 0 Å². The van der Waals surface area contributed by atoms with Gasteiger partial charge in [-0.1, -0.05) is 76.9 Å². The van der Waals surface area contributed by atoms with Gasteiger partial charge in [-0.3, -0.25) is 4.90 Å². The molecular formula is C30H65N3O2+2. The highest BCUT2D eigenvalue weighted by molar-refractivity contribution is 4.81. The number of likely N-dealkylation sites (N-methyl/N-ethyl adjacent to an activating group) is 2. The third-order valence-corrected chi connectivity index (χ3v) is 6.44. The van der Waals surface area contributed by atoms with Gasteiger partial charge in [-0.15, -0.1) is 0 Å². The summed E-state index contributed by atoms with van der Waals surface area (Å²) in [6.45, 7) is 6.00. The number of rotatable bonds is 24. The maximum absolute atomic E-state index is 10.6. The van der Waals surface area contributed by atoms with Crippen LogP contribution in [0, 0.1) is 0 Å². The number of hydrogen-bond acceptors (Lipinski definition) is 3. The van der Waals surface area contributed by atoms with E-state index >= 15 is 0 Å². The standard InChI is InChI=1S/C30H65N3O2/c1-8-9-10-11-12-13-14-15-16-17-18-19-20-21-22-23-24-31(25-29(34)27-32(2,3)4)26-30(35)28-33(5,6)7/h15-16,29-30,34-35H,8-14,17-28H2,1-7H3/q+2. The Bertz CT molecular complexity index is 473. The van der Waals surface area contributed by atoms with Gasteiger partial charge in [0, 0.05) is 13.1 Å². The molecule has 0 bridgehead atoms. The van der Waals surface area contributed by atoms with Crippen LogP contribution in [0.5, 0.6) is 0 Å². The van der Waals surface area contributed by atoms with Crippen molar-refractivity contribution in [3.05, 3.63) is 12.2 Å². The summed E-state index contributed by atoms with van der Waals surface area (Å²) in [5.41, 5.74) is 0. The van der Waals surface area contributed by atoms with E-state index in [9.17, 15) is 10.2 Å². The molecular weight excluding hydrogens is 434 g/mol. The maximum Gasteiger partial charge on any atom is 0.115 e. The summed E-state index contributed by atoms with van der Waals surface area (Å²) in [5, 5.41) is 21.2. The maximum atomic E-state index is 10.6. The molecule has 0 aromatic rings. The van der Waals surface area contributed by atoms with E-state index in [2.05, 4.69) is 66.3 Å². The Kier molecular flexibility index (Phi) is 20.3. The average molecular weight is 500 g/mol. The molecule has 5 heteroatoms. The fraction of sp³-hybridized carbons (Fsp3) is 0.933. The predicted molar refractivity (Wildman–Crippen MR) is 154 cm³/mol. The van der Waals surface area contributed by atoms with Crippen LogP contribution >= 0.6 is 0 Å². The van der Waals surface area contributed by atoms with Gasteiger partial charge in [0.1, 0.15) is 25.3 Å². The molecule has 5 nitrogen and oxygen atoms in total. The van der Waals surface area contributed by atoms with Crippen LogP contribution < -0.4 is 0 Å². The molecule has 0 rings (SSSR count). The van der Waals surface area contributed by atoms with Gasteiger partial charge in [0.05, 0.1) is 42.3 Å². The second kappa shape index (κ2) is 20.6. The SMILES string of the molecule is CCCCCCCCC=CCCCCCCCCN(CC(O)C[N+](C)(C)C)CC(O)C[N+](C)(C)C. The van der Waals surface area contributed by atoms with Crippen LogP contribution in [-0.2, 0) is 0 Å². The van der Waals surface area contributed by atoms with Crippen molar-refractivity contribution in [2.45, 2.75) is 109 Å². The molecule has 210 valence electrons. The minimum atomic E-state index is -0.361. The summed E-state index contributed by atoms with van der Waals surface area (Å²) in [6.07, 6.45) is 22.5. The van der Waals surface area contributed by atoms with E-state index in [1.807, 2.05) is 0 Å². The van der Waals surface area contributed by atoms with E-state index in [0.717, 1.165) is 35.0 Å². The molecule has 2 N–H and O–H groups in total. The van der Waals surface area contributed by atoms with Gasteiger partial charge in [0.2, 0.25) is 0 Å². The average Bonchev–Trinajstić information content (AvgIpc) is 2.70. The molecule has 0 aliphatic rings. The highest BCUT2D eigenvalue weighted by Gasteiger charge is 2.22. The quantitative estimate of drug-likeness (QED) is 0.105. The second-order valence-electron chi connectivity index (χ2n) is 13.0. The minimum absolute atomic E-state index is 0.361. The summed E-state index contributed by atoms with van der Waals surface area (Å²) < 4.78 is 1.51. The Morgan fingerprint density at radius 2 is 0.943 bits per heavy atom. The summed E-state index contributed by atoms with van der Waals surface area (Å²) in [4.78, 5) is 2.29. The second-order valence-corrected chi connectivity index (χ2v) is 13.0. The van der Waals surface area contributed by atoms with Gasteiger partial charge in [-0.05, 0) is 38.6 Å².